The van der Waals surface area contributed by atoms with Gasteiger partial charge in [-0.2, -0.15) is 0 Å². The molecule has 0 aliphatic heterocycles. The molecule has 2 aromatic rings. The molecule has 38 heavy (non-hydrogen) atoms. The van der Waals surface area contributed by atoms with Gasteiger partial charge in [-0.1, -0.05) is 13.8 Å². The first kappa shape index (κ1) is 30.3. The van der Waals surface area contributed by atoms with Gasteiger partial charge < -0.3 is 15.6 Å². The Morgan fingerprint density at radius 1 is 1.05 bits per heavy atom. The second-order valence-corrected chi connectivity index (χ2v) is 10.2. The Balaban J connectivity index is 2.34. The molecule has 0 bridgehead atoms. The summed E-state index contributed by atoms with van der Waals surface area (Å²) in [6, 6.07) is 5.19. The van der Waals surface area contributed by atoms with Gasteiger partial charge in [-0.25, -0.2) is 27.8 Å². The van der Waals surface area contributed by atoms with E-state index in [9.17, 15) is 32.7 Å². The lowest BCUT2D eigenvalue weighted by atomic mass is 10.0. The zero-order valence-electron chi connectivity index (χ0n) is 21.9. The van der Waals surface area contributed by atoms with Gasteiger partial charge in [0.25, 0.3) is 0 Å². The van der Waals surface area contributed by atoms with Crippen LogP contribution in [-0.2, 0) is 16.1 Å². The number of Topliss-reactive ketones (excluding diaryl/α,β-unsaturated/α-hetero) is 1. The lowest BCUT2D eigenvalue weighted by Gasteiger charge is -2.32. The third-order valence-electron chi connectivity index (χ3n) is 5.18. The summed E-state index contributed by atoms with van der Waals surface area (Å²) >= 11 is 0. The summed E-state index contributed by atoms with van der Waals surface area (Å²) in [4.78, 5) is 41.8. The molecule has 11 heteroatoms. The second kappa shape index (κ2) is 12.6. The van der Waals surface area contributed by atoms with Crippen LogP contribution in [-0.4, -0.2) is 45.3 Å². The minimum Gasteiger partial charge on any atom is -0.480 e. The van der Waals surface area contributed by atoms with Gasteiger partial charge in [-0.15, -0.1) is 0 Å². The van der Waals surface area contributed by atoms with Crippen LogP contribution in [0.25, 0.3) is 0 Å². The number of carbonyl (C=O) groups is 3. The maximum Gasteiger partial charge on any atom is 0.411 e. The zero-order valence-corrected chi connectivity index (χ0v) is 21.9. The number of carboxylic acids is 1. The van der Waals surface area contributed by atoms with Gasteiger partial charge in [0, 0.05) is 5.56 Å². The molecule has 0 aliphatic carbocycles. The Morgan fingerprint density at radius 2 is 1.61 bits per heavy atom. The fraction of sp³-hybridized carbons (Fsp3) is 0.407. The van der Waals surface area contributed by atoms with Crippen molar-refractivity contribution in [2.45, 2.75) is 65.6 Å². The Kier molecular flexibility index (Phi) is 10.0. The normalized spacial score (nSPS) is 12.8. The maximum atomic E-state index is 14.9. The van der Waals surface area contributed by atoms with Gasteiger partial charge in [-0.05, 0) is 75.1 Å². The molecule has 0 aromatic heterocycles. The van der Waals surface area contributed by atoms with Crippen molar-refractivity contribution in [2.75, 3.05) is 0 Å². The number of amides is 1. The third-order valence-corrected chi connectivity index (χ3v) is 5.18. The molecule has 0 fully saturated rings. The number of ether oxygens (including phenoxy) is 1. The molecular formula is C27H32F3N3O5. The van der Waals surface area contributed by atoms with E-state index in [-0.39, 0.29) is 29.3 Å². The molecule has 8 nitrogen and oxygen atoms in total. The molecule has 0 saturated heterocycles. The Bertz CT molecular complexity index is 1180. The molecule has 0 aliphatic rings. The Labute approximate surface area is 219 Å². The molecule has 1 atom stereocenters. The first-order valence-corrected chi connectivity index (χ1v) is 11.9. The summed E-state index contributed by atoms with van der Waals surface area (Å²) in [5.41, 5.74) is 4.16. The molecule has 206 valence electrons. The summed E-state index contributed by atoms with van der Waals surface area (Å²) in [6.45, 7) is 7.94. The van der Waals surface area contributed by atoms with Crippen molar-refractivity contribution in [3.8, 4) is 0 Å². The van der Waals surface area contributed by atoms with Crippen LogP contribution in [0.15, 0.2) is 41.4 Å². The number of halogens is 3. The number of hydrogen-bond acceptors (Lipinski definition) is 5. The van der Waals surface area contributed by atoms with Crippen LogP contribution in [0.4, 0.5) is 23.7 Å². The van der Waals surface area contributed by atoms with Gasteiger partial charge in [0.2, 0.25) is 0 Å². The predicted molar refractivity (Wildman–Crippen MR) is 136 cm³/mol. The maximum absolute atomic E-state index is 14.9. The van der Waals surface area contributed by atoms with E-state index in [1.54, 1.807) is 34.6 Å². The minimum absolute atomic E-state index is 0.0409. The van der Waals surface area contributed by atoms with Gasteiger partial charge in [-0.3, -0.25) is 9.69 Å². The average Bonchev–Trinajstić information content (AvgIpc) is 2.77. The largest absolute Gasteiger partial charge is 0.480 e. The number of amidine groups is 1. The number of hydrogen-bond donors (Lipinski definition) is 2. The number of rotatable bonds is 10. The Morgan fingerprint density at radius 3 is 2.08 bits per heavy atom. The quantitative estimate of drug-likeness (QED) is 0.232. The number of carbonyl (C=O) groups excluding carboxylic acids is 2. The van der Waals surface area contributed by atoms with Crippen molar-refractivity contribution >= 4 is 29.4 Å². The SMILES string of the molecule is CC(C)C[C@@H](C(=O)O)N(Cc1cc(F)c(N=C(N)CC(=O)c2ccc(F)cc2)c(F)c1)C(=O)OC(C)(C)C. The average molecular weight is 536 g/mol. The van der Waals surface area contributed by atoms with E-state index in [0.29, 0.717) is 0 Å². The number of benzene rings is 2. The first-order chi connectivity index (χ1) is 17.6. The van der Waals surface area contributed by atoms with E-state index < -0.39 is 65.6 Å². The lowest BCUT2D eigenvalue weighted by molar-refractivity contribution is -0.144. The lowest BCUT2D eigenvalue weighted by Crippen LogP contribution is -2.47. The second-order valence-electron chi connectivity index (χ2n) is 10.2. The van der Waals surface area contributed by atoms with Gasteiger partial charge in [0.05, 0.1) is 13.0 Å². The van der Waals surface area contributed by atoms with Gasteiger partial charge in [0.1, 0.15) is 29.0 Å². The highest BCUT2D eigenvalue weighted by atomic mass is 19.1. The monoisotopic (exact) mass is 535 g/mol. The summed E-state index contributed by atoms with van der Waals surface area (Å²) in [7, 11) is 0. The molecular weight excluding hydrogens is 503 g/mol. The molecule has 0 heterocycles. The van der Waals surface area contributed by atoms with E-state index >= 15 is 0 Å². The van der Waals surface area contributed by atoms with E-state index in [1.165, 1.54) is 12.1 Å². The molecule has 0 radical (unpaired) electrons. The van der Waals surface area contributed by atoms with E-state index in [2.05, 4.69) is 4.99 Å². The van der Waals surface area contributed by atoms with Crippen molar-refractivity contribution in [1.29, 1.82) is 0 Å². The fourth-order valence-electron chi connectivity index (χ4n) is 3.53. The van der Waals surface area contributed by atoms with Crippen LogP contribution in [0.1, 0.15) is 63.4 Å². The van der Waals surface area contributed by atoms with Crippen LogP contribution in [0, 0.1) is 23.4 Å². The van der Waals surface area contributed by atoms with Crippen molar-refractivity contribution in [3.63, 3.8) is 0 Å². The first-order valence-electron chi connectivity index (χ1n) is 11.9. The van der Waals surface area contributed by atoms with E-state index in [1.807, 2.05) is 0 Å². The van der Waals surface area contributed by atoms with Crippen molar-refractivity contribution in [2.24, 2.45) is 16.6 Å². The molecule has 1 amide bonds. The highest BCUT2D eigenvalue weighted by Crippen LogP contribution is 2.27. The van der Waals surface area contributed by atoms with Crippen LogP contribution >= 0.6 is 0 Å². The Hall–Kier alpha value is -3.89. The zero-order chi connectivity index (χ0) is 28.8. The number of nitrogens with zero attached hydrogens (tertiary/aromatic N) is 2. The van der Waals surface area contributed by atoms with E-state index in [0.717, 1.165) is 29.2 Å². The number of carboxylic acid groups (broad SMARTS) is 1. The number of nitrogens with two attached hydrogens (primary N) is 1. The topological polar surface area (TPSA) is 122 Å². The smallest absolute Gasteiger partial charge is 0.411 e. The predicted octanol–water partition coefficient (Wildman–Crippen LogP) is 5.60. The number of aliphatic imine (C=N–C) groups is 1. The van der Waals surface area contributed by atoms with Crippen molar-refractivity contribution in [1.82, 2.24) is 4.90 Å². The van der Waals surface area contributed by atoms with Crippen molar-refractivity contribution in [3.05, 3.63) is 65.0 Å². The van der Waals surface area contributed by atoms with Crippen LogP contribution < -0.4 is 5.73 Å². The highest BCUT2D eigenvalue weighted by Gasteiger charge is 2.34. The molecule has 2 rings (SSSR count). The molecule has 0 spiro atoms. The standard InChI is InChI=1S/C27H32F3N3O5/c1-15(2)10-21(25(35)36)33(26(37)38-27(3,4)5)14-16-11-19(29)24(20(30)12-16)32-23(31)13-22(34)17-6-8-18(28)9-7-17/h6-9,11-12,15,21H,10,13-14H2,1-5H3,(H2,31,32)(H,35,36)/t21-/m0/s1. The molecule has 0 saturated carbocycles. The van der Waals surface area contributed by atoms with Crippen LogP contribution in [0.5, 0.6) is 0 Å². The summed E-state index contributed by atoms with van der Waals surface area (Å²) < 4.78 is 48.2. The van der Waals surface area contributed by atoms with Gasteiger partial charge in [0.15, 0.2) is 17.4 Å². The van der Waals surface area contributed by atoms with Crippen LogP contribution in [0.3, 0.4) is 0 Å². The summed E-state index contributed by atoms with van der Waals surface area (Å²) in [5.74, 6) is -5.08. The number of aliphatic carboxylic acids is 1. The van der Waals surface area contributed by atoms with E-state index in [4.69, 9.17) is 10.5 Å². The highest BCUT2D eigenvalue weighted by molar-refractivity contribution is 6.09. The summed E-state index contributed by atoms with van der Waals surface area (Å²) in [5, 5.41) is 9.76. The van der Waals surface area contributed by atoms with Gasteiger partial charge >= 0.3 is 12.1 Å². The third kappa shape index (κ3) is 8.89. The fourth-order valence-corrected chi connectivity index (χ4v) is 3.53. The molecule has 2 aromatic carbocycles. The number of ketones is 1. The molecule has 3 N–H and O–H groups in total. The minimum atomic E-state index is -1.30. The summed E-state index contributed by atoms with van der Waals surface area (Å²) in [6.07, 6.45) is -1.33. The van der Waals surface area contributed by atoms with Crippen LogP contribution in [0.2, 0.25) is 0 Å². The molecule has 0 unspecified atom stereocenters. The van der Waals surface area contributed by atoms with Crippen molar-refractivity contribution < 1.29 is 37.4 Å².